The first-order valence-electron chi connectivity index (χ1n) is 10.1. The van der Waals surface area contributed by atoms with E-state index in [1.54, 1.807) is 11.9 Å². The third kappa shape index (κ3) is 5.65. The molecule has 0 saturated heterocycles. The van der Waals surface area contributed by atoms with Crippen LogP contribution in [0.25, 0.3) is 11.1 Å². The SMILES string of the molecule is CN(Cc1cccc(-c2ccc(NC(=O)C3CCC(O)CC3)cc2)c1)C(=O)CN. The molecule has 1 fully saturated rings. The molecule has 29 heavy (non-hydrogen) atoms. The second-order valence-electron chi connectivity index (χ2n) is 7.73. The van der Waals surface area contributed by atoms with Crippen molar-refractivity contribution < 1.29 is 14.7 Å². The van der Waals surface area contributed by atoms with Gasteiger partial charge in [0.25, 0.3) is 0 Å². The molecule has 1 aliphatic carbocycles. The predicted octanol–water partition coefficient (Wildman–Crippen LogP) is 2.76. The number of nitrogens with one attached hydrogen (secondary N) is 1. The molecular weight excluding hydrogens is 366 g/mol. The Morgan fingerprint density at radius 3 is 2.41 bits per heavy atom. The number of aliphatic hydroxyl groups excluding tert-OH is 1. The van der Waals surface area contributed by atoms with E-state index in [0.717, 1.165) is 35.2 Å². The lowest BCUT2D eigenvalue weighted by Gasteiger charge is -2.24. The first kappa shape index (κ1) is 21.0. The van der Waals surface area contributed by atoms with Crippen LogP contribution in [0.3, 0.4) is 0 Å². The Hall–Kier alpha value is -2.70. The van der Waals surface area contributed by atoms with Crippen molar-refractivity contribution in [2.45, 2.75) is 38.3 Å². The van der Waals surface area contributed by atoms with Crippen molar-refractivity contribution in [3.8, 4) is 11.1 Å². The van der Waals surface area contributed by atoms with E-state index in [2.05, 4.69) is 11.4 Å². The predicted molar refractivity (Wildman–Crippen MR) is 114 cm³/mol. The van der Waals surface area contributed by atoms with E-state index in [1.807, 2.05) is 42.5 Å². The summed E-state index contributed by atoms with van der Waals surface area (Å²) in [6.07, 6.45) is 2.60. The molecule has 4 N–H and O–H groups in total. The average molecular weight is 396 g/mol. The molecule has 2 aromatic carbocycles. The van der Waals surface area contributed by atoms with Gasteiger partial charge < -0.3 is 21.1 Å². The Morgan fingerprint density at radius 2 is 1.76 bits per heavy atom. The fraction of sp³-hybridized carbons (Fsp3) is 0.391. The Kier molecular flexibility index (Phi) is 7.01. The van der Waals surface area contributed by atoms with Gasteiger partial charge in [0.15, 0.2) is 0 Å². The van der Waals surface area contributed by atoms with E-state index >= 15 is 0 Å². The van der Waals surface area contributed by atoms with Gasteiger partial charge in [0, 0.05) is 25.2 Å². The normalized spacial score (nSPS) is 18.9. The summed E-state index contributed by atoms with van der Waals surface area (Å²) in [7, 11) is 1.74. The highest BCUT2D eigenvalue weighted by Crippen LogP contribution is 2.27. The zero-order valence-corrected chi connectivity index (χ0v) is 16.8. The summed E-state index contributed by atoms with van der Waals surface area (Å²) >= 11 is 0. The number of hydrogen-bond acceptors (Lipinski definition) is 4. The Bertz CT molecular complexity index is 843. The van der Waals surface area contributed by atoms with Crippen LogP contribution in [0, 0.1) is 5.92 Å². The van der Waals surface area contributed by atoms with Crippen molar-refractivity contribution in [3.05, 3.63) is 54.1 Å². The van der Waals surface area contributed by atoms with Crippen molar-refractivity contribution in [2.24, 2.45) is 11.7 Å². The molecular formula is C23H29N3O3. The maximum absolute atomic E-state index is 12.4. The van der Waals surface area contributed by atoms with Crippen LogP contribution in [0.5, 0.6) is 0 Å². The lowest BCUT2D eigenvalue weighted by molar-refractivity contribution is -0.128. The largest absolute Gasteiger partial charge is 0.393 e. The number of likely N-dealkylation sites (N-methyl/N-ethyl adjacent to an activating group) is 1. The Labute approximate surface area is 171 Å². The Morgan fingerprint density at radius 1 is 1.07 bits per heavy atom. The van der Waals surface area contributed by atoms with E-state index < -0.39 is 0 Å². The lowest BCUT2D eigenvalue weighted by Crippen LogP contribution is -2.32. The standard InChI is InChI=1S/C23H29N3O3/c1-26(22(28)14-24)15-16-3-2-4-19(13-16)17-5-9-20(10-6-17)25-23(29)18-7-11-21(27)12-8-18/h2-6,9-10,13,18,21,27H,7-8,11-12,14-15,24H2,1H3,(H,25,29). The molecule has 0 unspecified atom stereocenters. The topological polar surface area (TPSA) is 95.7 Å². The molecule has 0 aliphatic heterocycles. The molecule has 0 radical (unpaired) electrons. The first-order valence-corrected chi connectivity index (χ1v) is 10.1. The molecule has 154 valence electrons. The van der Waals surface area contributed by atoms with Gasteiger partial charge >= 0.3 is 0 Å². The molecule has 2 aromatic rings. The molecule has 3 rings (SSSR count). The van der Waals surface area contributed by atoms with Crippen LogP contribution in [0.15, 0.2) is 48.5 Å². The molecule has 0 spiro atoms. The minimum absolute atomic E-state index is 0.00477. The minimum Gasteiger partial charge on any atom is -0.393 e. The van der Waals surface area contributed by atoms with E-state index in [4.69, 9.17) is 5.73 Å². The van der Waals surface area contributed by atoms with Crippen molar-refractivity contribution >= 4 is 17.5 Å². The van der Waals surface area contributed by atoms with E-state index in [-0.39, 0.29) is 30.4 Å². The van der Waals surface area contributed by atoms with Crippen LogP contribution in [-0.4, -0.2) is 41.5 Å². The van der Waals surface area contributed by atoms with Crippen molar-refractivity contribution in [2.75, 3.05) is 18.9 Å². The monoisotopic (exact) mass is 395 g/mol. The van der Waals surface area contributed by atoms with Crippen LogP contribution in [0.2, 0.25) is 0 Å². The van der Waals surface area contributed by atoms with Gasteiger partial charge in [0.05, 0.1) is 12.6 Å². The third-order valence-electron chi connectivity index (χ3n) is 5.50. The summed E-state index contributed by atoms with van der Waals surface area (Å²) in [5.74, 6) is -0.0924. The first-order chi connectivity index (χ1) is 14.0. The van der Waals surface area contributed by atoms with Crippen LogP contribution in [-0.2, 0) is 16.1 Å². The maximum atomic E-state index is 12.4. The Balaban J connectivity index is 1.63. The van der Waals surface area contributed by atoms with E-state index in [1.165, 1.54) is 0 Å². The summed E-state index contributed by atoms with van der Waals surface area (Å²) in [6.45, 7) is 0.513. The number of carbonyl (C=O) groups excluding carboxylic acids is 2. The number of amides is 2. The van der Waals surface area contributed by atoms with Gasteiger partial charge in [-0.1, -0.05) is 30.3 Å². The molecule has 6 nitrogen and oxygen atoms in total. The van der Waals surface area contributed by atoms with Crippen LogP contribution >= 0.6 is 0 Å². The maximum Gasteiger partial charge on any atom is 0.236 e. The molecule has 1 saturated carbocycles. The molecule has 2 amide bonds. The lowest BCUT2D eigenvalue weighted by atomic mass is 9.87. The minimum atomic E-state index is -0.262. The van der Waals surface area contributed by atoms with Crippen molar-refractivity contribution in [1.82, 2.24) is 4.90 Å². The molecule has 6 heteroatoms. The van der Waals surface area contributed by atoms with E-state index in [0.29, 0.717) is 19.4 Å². The third-order valence-corrected chi connectivity index (χ3v) is 5.50. The number of carbonyl (C=O) groups is 2. The molecule has 1 aliphatic rings. The van der Waals surface area contributed by atoms with Crippen molar-refractivity contribution in [3.63, 3.8) is 0 Å². The summed E-state index contributed by atoms with van der Waals surface area (Å²) in [4.78, 5) is 25.7. The smallest absolute Gasteiger partial charge is 0.236 e. The van der Waals surface area contributed by atoms with Crippen LogP contribution in [0.1, 0.15) is 31.2 Å². The number of anilines is 1. The molecule has 0 bridgehead atoms. The van der Waals surface area contributed by atoms with Gasteiger partial charge in [-0.15, -0.1) is 0 Å². The number of hydrogen-bond donors (Lipinski definition) is 3. The van der Waals surface area contributed by atoms with Crippen LogP contribution in [0.4, 0.5) is 5.69 Å². The second-order valence-corrected chi connectivity index (χ2v) is 7.73. The zero-order chi connectivity index (χ0) is 20.8. The fourth-order valence-corrected chi connectivity index (χ4v) is 3.70. The molecule has 0 atom stereocenters. The van der Waals surface area contributed by atoms with Crippen LogP contribution < -0.4 is 11.1 Å². The summed E-state index contributed by atoms with van der Waals surface area (Å²) < 4.78 is 0. The number of benzene rings is 2. The van der Waals surface area contributed by atoms with Gasteiger partial charge in [-0.05, 0) is 60.6 Å². The quantitative estimate of drug-likeness (QED) is 0.701. The second kappa shape index (κ2) is 9.67. The summed E-state index contributed by atoms with van der Waals surface area (Å²) in [5.41, 5.74) is 9.31. The highest BCUT2D eigenvalue weighted by atomic mass is 16.3. The van der Waals surface area contributed by atoms with Gasteiger partial charge in [-0.2, -0.15) is 0 Å². The zero-order valence-electron chi connectivity index (χ0n) is 16.8. The summed E-state index contributed by atoms with van der Waals surface area (Å²) in [5, 5.41) is 12.6. The van der Waals surface area contributed by atoms with Gasteiger partial charge in [-0.3, -0.25) is 9.59 Å². The highest BCUT2D eigenvalue weighted by molar-refractivity contribution is 5.92. The average Bonchev–Trinajstić information content (AvgIpc) is 2.74. The number of aliphatic hydroxyl groups is 1. The highest BCUT2D eigenvalue weighted by Gasteiger charge is 2.25. The van der Waals surface area contributed by atoms with Gasteiger partial charge in [0.2, 0.25) is 11.8 Å². The number of nitrogens with zero attached hydrogens (tertiary/aromatic N) is 1. The molecule has 0 heterocycles. The molecule has 0 aromatic heterocycles. The van der Waals surface area contributed by atoms with E-state index in [9.17, 15) is 14.7 Å². The summed E-state index contributed by atoms with van der Waals surface area (Å²) in [6, 6.07) is 15.8. The van der Waals surface area contributed by atoms with Gasteiger partial charge in [-0.25, -0.2) is 0 Å². The fourth-order valence-electron chi connectivity index (χ4n) is 3.70. The van der Waals surface area contributed by atoms with Crippen molar-refractivity contribution in [1.29, 1.82) is 0 Å². The van der Waals surface area contributed by atoms with Gasteiger partial charge in [0.1, 0.15) is 0 Å². The number of nitrogens with two attached hydrogens (primary N) is 1. The number of rotatable bonds is 6.